The predicted octanol–water partition coefficient (Wildman–Crippen LogP) is 3.64. The molecule has 0 bridgehead atoms. The maximum absolute atomic E-state index is 15.1. The van der Waals surface area contributed by atoms with E-state index in [1.165, 1.54) is 24.1 Å². The van der Waals surface area contributed by atoms with Crippen molar-refractivity contribution in [3.05, 3.63) is 73.1 Å². The standard InChI is InChI=1S/C25H22FN7O4/c1-15(34)28-12-19-13-33(25(36)37-19)18-4-5-20(21(26)10-18)16-6-8-32-14-22(30-23(32)9-16)31-24(35)29-17-3-2-7-27-11-17/h2-11,14,19H,12-13H2,1H3,(H,28,34)(H2,29,31,35)/t19-/m0/s1. The lowest BCUT2D eigenvalue weighted by atomic mass is 10.1. The molecule has 1 saturated heterocycles. The highest BCUT2D eigenvalue weighted by Gasteiger charge is 2.32. The third kappa shape index (κ3) is 5.32. The number of nitrogens with one attached hydrogen (secondary N) is 3. The number of hydrogen-bond donors (Lipinski definition) is 3. The molecule has 5 rings (SSSR count). The van der Waals surface area contributed by atoms with Crippen LogP contribution in [-0.2, 0) is 9.53 Å². The molecule has 0 saturated carbocycles. The molecule has 12 heteroatoms. The Morgan fingerprint density at radius 1 is 1.19 bits per heavy atom. The van der Waals surface area contributed by atoms with E-state index in [0.29, 0.717) is 34.0 Å². The van der Waals surface area contributed by atoms with E-state index >= 15 is 4.39 Å². The number of cyclic esters (lactones) is 1. The SMILES string of the molecule is CC(=O)NC[C@H]1CN(c2ccc(-c3ccn4cc(NC(=O)Nc5cccnc5)nc4c3)c(F)c2)C(=O)O1. The zero-order valence-electron chi connectivity index (χ0n) is 19.6. The van der Waals surface area contributed by atoms with Gasteiger partial charge in [-0.15, -0.1) is 0 Å². The van der Waals surface area contributed by atoms with E-state index in [9.17, 15) is 14.4 Å². The van der Waals surface area contributed by atoms with Gasteiger partial charge in [-0.25, -0.2) is 19.0 Å². The van der Waals surface area contributed by atoms with Gasteiger partial charge < -0.3 is 19.8 Å². The van der Waals surface area contributed by atoms with Gasteiger partial charge in [-0.1, -0.05) is 0 Å². The molecule has 0 aliphatic carbocycles. The lowest BCUT2D eigenvalue weighted by Gasteiger charge is -2.14. The number of aromatic nitrogens is 3. The minimum Gasteiger partial charge on any atom is -0.442 e. The quantitative estimate of drug-likeness (QED) is 0.368. The Balaban J connectivity index is 1.30. The molecule has 1 aliphatic rings. The van der Waals surface area contributed by atoms with Crippen LogP contribution < -0.4 is 20.9 Å². The van der Waals surface area contributed by atoms with Gasteiger partial charge in [-0.2, -0.15) is 0 Å². The lowest BCUT2D eigenvalue weighted by molar-refractivity contribution is -0.119. The van der Waals surface area contributed by atoms with Crippen molar-refractivity contribution in [2.75, 3.05) is 28.6 Å². The van der Waals surface area contributed by atoms with Crippen LogP contribution >= 0.6 is 0 Å². The summed E-state index contributed by atoms with van der Waals surface area (Å²) in [5.41, 5.74) is 2.28. The number of halogens is 1. The van der Waals surface area contributed by atoms with Crippen LogP contribution in [0, 0.1) is 5.82 Å². The minimum atomic E-state index is -0.603. The number of anilines is 3. The fourth-order valence-electron chi connectivity index (χ4n) is 3.93. The molecular weight excluding hydrogens is 481 g/mol. The predicted molar refractivity (Wildman–Crippen MR) is 134 cm³/mol. The fraction of sp³-hybridized carbons (Fsp3) is 0.160. The van der Waals surface area contributed by atoms with Gasteiger partial charge in [0.2, 0.25) is 5.91 Å². The van der Waals surface area contributed by atoms with Gasteiger partial charge in [0.15, 0.2) is 5.82 Å². The second-order valence-corrected chi connectivity index (χ2v) is 8.35. The first-order chi connectivity index (χ1) is 17.9. The topological polar surface area (TPSA) is 130 Å². The number of rotatable bonds is 6. The van der Waals surface area contributed by atoms with E-state index in [2.05, 4.69) is 25.9 Å². The summed E-state index contributed by atoms with van der Waals surface area (Å²) in [6.45, 7) is 1.76. The highest BCUT2D eigenvalue weighted by Crippen LogP contribution is 2.30. The number of pyridine rings is 2. The van der Waals surface area contributed by atoms with Crippen molar-refractivity contribution in [1.82, 2.24) is 19.7 Å². The summed E-state index contributed by atoms with van der Waals surface area (Å²) in [5, 5.41) is 7.92. The van der Waals surface area contributed by atoms with Crippen LogP contribution in [0.3, 0.4) is 0 Å². The summed E-state index contributed by atoms with van der Waals surface area (Å²) in [7, 11) is 0. The average molecular weight is 503 g/mol. The van der Waals surface area contributed by atoms with Crippen LogP contribution in [0.5, 0.6) is 0 Å². The number of ether oxygens (including phenoxy) is 1. The third-order valence-electron chi connectivity index (χ3n) is 5.65. The second kappa shape index (κ2) is 9.93. The molecule has 0 spiro atoms. The molecular formula is C25H22FN7O4. The second-order valence-electron chi connectivity index (χ2n) is 8.35. The number of hydrogen-bond acceptors (Lipinski definition) is 6. The normalized spacial score (nSPS) is 14.9. The summed E-state index contributed by atoms with van der Waals surface area (Å²) in [4.78, 5) is 45.2. The summed E-state index contributed by atoms with van der Waals surface area (Å²) in [6.07, 6.45) is 5.35. The lowest BCUT2D eigenvalue weighted by Crippen LogP contribution is -2.33. The van der Waals surface area contributed by atoms with Crippen LogP contribution in [-0.4, -0.2) is 51.6 Å². The molecule has 37 heavy (non-hydrogen) atoms. The smallest absolute Gasteiger partial charge is 0.414 e. The molecule has 4 amide bonds. The van der Waals surface area contributed by atoms with E-state index in [1.54, 1.807) is 59.4 Å². The number of carbonyl (C=O) groups excluding carboxylic acids is 3. The molecule has 4 heterocycles. The largest absolute Gasteiger partial charge is 0.442 e. The first-order valence-corrected chi connectivity index (χ1v) is 11.3. The molecule has 11 nitrogen and oxygen atoms in total. The Kier molecular flexibility index (Phi) is 6.37. The molecule has 0 unspecified atom stereocenters. The van der Waals surface area contributed by atoms with Crippen molar-refractivity contribution in [2.45, 2.75) is 13.0 Å². The molecule has 1 aliphatic heterocycles. The highest BCUT2D eigenvalue weighted by molar-refractivity contribution is 5.99. The van der Waals surface area contributed by atoms with Crippen molar-refractivity contribution < 1.29 is 23.5 Å². The van der Waals surface area contributed by atoms with Crippen LogP contribution in [0.4, 0.5) is 31.2 Å². The average Bonchev–Trinajstić information content (AvgIpc) is 3.44. The fourth-order valence-corrected chi connectivity index (χ4v) is 3.93. The third-order valence-corrected chi connectivity index (χ3v) is 5.65. The summed E-state index contributed by atoms with van der Waals surface area (Å²) >= 11 is 0. The van der Waals surface area contributed by atoms with Crippen molar-refractivity contribution in [3.63, 3.8) is 0 Å². The molecule has 0 radical (unpaired) electrons. The number of nitrogens with zero attached hydrogens (tertiary/aromatic N) is 4. The van der Waals surface area contributed by atoms with Gasteiger partial charge in [0.1, 0.15) is 17.6 Å². The van der Waals surface area contributed by atoms with Crippen molar-refractivity contribution in [1.29, 1.82) is 0 Å². The summed E-state index contributed by atoms with van der Waals surface area (Å²) in [6, 6.07) is 10.8. The zero-order chi connectivity index (χ0) is 25.9. The molecule has 4 aromatic rings. The van der Waals surface area contributed by atoms with Crippen LogP contribution in [0.1, 0.15) is 6.92 Å². The van der Waals surface area contributed by atoms with Gasteiger partial charge in [-0.05, 0) is 48.0 Å². The molecule has 3 aromatic heterocycles. The Morgan fingerprint density at radius 2 is 2.05 bits per heavy atom. The van der Waals surface area contributed by atoms with E-state index in [0.717, 1.165) is 0 Å². The molecule has 1 atom stereocenters. The maximum atomic E-state index is 15.1. The van der Waals surface area contributed by atoms with E-state index in [4.69, 9.17) is 4.74 Å². The van der Waals surface area contributed by atoms with Crippen LogP contribution in [0.2, 0.25) is 0 Å². The molecule has 1 fully saturated rings. The van der Waals surface area contributed by atoms with Gasteiger partial charge >= 0.3 is 12.1 Å². The Hall–Kier alpha value is -5.00. The number of imidazole rings is 1. The van der Waals surface area contributed by atoms with E-state index in [-0.39, 0.29) is 19.0 Å². The van der Waals surface area contributed by atoms with Crippen molar-refractivity contribution in [2.24, 2.45) is 0 Å². The van der Waals surface area contributed by atoms with E-state index in [1.807, 2.05) is 0 Å². The number of fused-ring (bicyclic) bond motifs is 1. The van der Waals surface area contributed by atoms with Crippen molar-refractivity contribution >= 4 is 40.9 Å². The number of amides is 4. The van der Waals surface area contributed by atoms with Gasteiger partial charge in [0, 0.05) is 24.9 Å². The number of carbonyl (C=O) groups is 3. The summed E-state index contributed by atoms with van der Waals surface area (Å²) < 4.78 is 22.1. The van der Waals surface area contributed by atoms with Gasteiger partial charge in [0.25, 0.3) is 0 Å². The minimum absolute atomic E-state index is 0.185. The summed E-state index contributed by atoms with van der Waals surface area (Å²) in [5.74, 6) is -0.438. The van der Waals surface area contributed by atoms with Crippen molar-refractivity contribution in [3.8, 4) is 11.1 Å². The maximum Gasteiger partial charge on any atom is 0.414 e. The molecule has 1 aromatic carbocycles. The number of urea groups is 1. The molecule has 3 N–H and O–H groups in total. The molecule has 188 valence electrons. The van der Waals surface area contributed by atoms with Gasteiger partial charge in [-0.3, -0.25) is 20.0 Å². The Bertz CT molecular complexity index is 1490. The zero-order valence-corrected chi connectivity index (χ0v) is 19.6. The highest BCUT2D eigenvalue weighted by atomic mass is 19.1. The monoisotopic (exact) mass is 503 g/mol. The van der Waals surface area contributed by atoms with Gasteiger partial charge in [0.05, 0.1) is 36.9 Å². The van der Waals surface area contributed by atoms with E-state index < -0.39 is 24.0 Å². The van der Waals surface area contributed by atoms with Crippen LogP contribution in [0.25, 0.3) is 16.8 Å². The first kappa shape index (κ1) is 23.7. The Labute approximate surface area is 210 Å². The Morgan fingerprint density at radius 3 is 2.81 bits per heavy atom. The first-order valence-electron chi connectivity index (χ1n) is 11.3. The van der Waals surface area contributed by atoms with Crippen LogP contribution in [0.15, 0.2) is 67.3 Å². The number of benzene rings is 1.